The molecule has 0 bridgehead atoms. The number of carbonyl (C=O) groups excluding carboxylic acids is 2. The van der Waals surface area contributed by atoms with Gasteiger partial charge in [-0.05, 0) is 37.4 Å². The summed E-state index contributed by atoms with van der Waals surface area (Å²) in [4.78, 5) is 35.9. The number of hydrogen-bond acceptors (Lipinski definition) is 7. The normalized spacial score (nSPS) is 17.7. The Morgan fingerprint density at radius 1 is 1.20 bits per heavy atom. The van der Waals surface area contributed by atoms with E-state index in [1.807, 2.05) is 11.9 Å². The van der Waals surface area contributed by atoms with Crippen molar-refractivity contribution in [2.75, 3.05) is 50.0 Å². The number of amides is 2. The van der Waals surface area contributed by atoms with Crippen LogP contribution in [0.1, 0.15) is 10.4 Å². The van der Waals surface area contributed by atoms with Gasteiger partial charge in [0.15, 0.2) is 5.82 Å². The van der Waals surface area contributed by atoms with Crippen LogP contribution in [0.2, 0.25) is 0 Å². The van der Waals surface area contributed by atoms with Crippen LogP contribution < -0.4 is 15.4 Å². The SMILES string of the molecule is CN1CCN(CC(=O)N2c3ccc(S(N)(=O)=O)cc3C(=O)Nc3cccnc32)CC1. The Hall–Kier alpha value is -2.86. The number of nitrogens with one attached hydrogen (secondary N) is 1. The molecule has 4 rings (SSSR count). The van der Waals surface area contributed by atoms with Crippen LogP contribution in [0.3, 0.4) is 0 Å². The van der Waals surface area contributed by atoms with Crippen LogP contribution in [0.5, 0.6) is 0 Å². The number of benzene rings is 1. The minimum atomic E-state index is -4.02. The first kappa shape index (κ1) is 20.4. The Kier molecular flexibility index (Phi) is 5.28. The van der Waals surface area contributed by atoms with Gasteiger partial charge in [0.05, 0.1) is 28.4 Å². The molecule has 1 fully saturated rings. The lowest BCUT2D eigenvalue weighted by Crippen LogP contribution is -2.48. The number of likely N-dealkylation sites (N-methyl/N-ethyl adjacent to an activating group) is 1. The van der Waals surface area contributed by atoms with E-state index in [1.165, 1.54) is 29.3 Å². The maximum atomic E-state index is 13.4. The second-order valence-electron chi connectivity index (χ2n) is 7.36. The van der Waals surface area contributed by atoms with E-state index < -0.39 is 15.9 Å². The Balaban J connectivity index is 1.77. The summed E-state index contributed by atoms with van der Waals surface area (Å²) in [5, 5.41) is 7.93. The van der Waals surface area contributed by atoms with Crippen molar-refractivity contribution in [3.63, 3.8) is 0 Å². The van der Waals surface area contributed by atoms with E-state index in [2.05, 4.69) is 15.2 Å². The highest BCUT2D eigenvalue weighted by atomic mass is 32.2. The number of pyridine rings is 1. The molecule has 2 aliphatic heterocycles. The standard InChI is InChI=1S/C19H22N6O4S/c1-23-7-9-24(10-8-23)12-17(26)25-16-5-4-13(30(20,28)29)11-14(16)19(27)22-15-3-2-6-21-18(15)25/h2-6,11H,7-10,12H2,1H3,(H,22,27)(H2,20,28,29). The van der Waals surface area contributed by atoms with Crippen LogP contribution in [0.15, 0.2) is 41.4 Å². The van der Waals surface area contributed by atoms with Gasteiger partial charge in [-0.2, -0.15) is 0 Å². The van der Waals surface area contributed by atoms with E-state index in [0.29, 0.717) is 5.69 Å². The van der Waals surface area contributed by atoms with Gasteiger partial charge in [-0.3, -0.25) is 19.4 Å². The first-order valence-corrected chi connectivity index (χ1v) is 11.0. The highest BCUT2D eigenvalue weighted by molar-refractivity contribution is 7.89. The highest BCUT2D eigenvalue weighted by Crippen LogP contribution is 2.37. The summed E-state index contributed by atoms with van der Waals surface area (Å²) in [5.41, 5.74) is 0.658. The Morgan fingerprint density at radius 2 is 1.93 bits per heavy atom. The van der Waals surface area contributed by atoms with Crippen molar-refractivity contribution in [2.24, 2.45) is 5.14 Å². The van der Waals surface area contributed by atoms with Gasteiger partial charge < -0.3 is 10.2 Å². The number of nitrogens with zero attached hydrogens (tertiary/aromatic N) is 4. The molecule has 1 saturated heterocycles. The summed E-state index contributed by atoms with van der Waals surface area (Å²) in [6.45, 7) is 3.36. The minimum Gasteiger partial charge on any atom is -0.319 e. The van der Waals surface area contributed by atoms with Crippen LogP contribution in [0.25, 0.3) is 0 Å². The lowest BCUT2D eigenvalue weighted by molar-refractivity contribution is -0.119. The van der Waals surface area contributed by atoms with Crippen LogP contribution in [0, 0.1) is 0 Å². The maximum absolute atomic E-state index is 13.4. The Morgan fingerprint density at radius 3 is 2.63 bits per heavy atom. The number of aromatic nitrogens is 1. The number of piperazine rings is 1. The molecule has 0 radical (unpaired) electrons. The summed E-state index contributed by atoms with van der Waals surface area (Å²) in [6.07, 6.45) is 1.53. The van der Waals surface area contributed by atoms with Gasteiger partial charge in [-0.25, -0.2) is 18.5 Å². The molecule has 2 aliphatic rings. The molecule has 3 heterocycles. The second kappa shape index (κ2) is 7.76. The monoisotopic (exact) mass is 430 g/mol. The third-order valence-corrected chi connectivity index (χ3v) is 6.14. The molecule has 1 aromatic heterocycles. The van der Waals surface area contributed by atoms with Crippen molar-refractivity contribution in [2.45, 2.75) is 4.90 Å². The molecule has 11 heteroatoms. The van der Waals surface area contributed by atoms with Crippen LogP contribution >= 0.6 is 0 Å². The van der Waals surface area contributed by atoms with Crippen LogP contribution in [0.4, 0.5) is 17.2 Å². The van der Waals surface area contributed by atoms with Gasteiger partial charge in [0.25, 0.3) is 5.91 Å². The summed E-state index contributed by atoms with van der Waals surface area (Å²) in [5.74, 6) is -0.521. The summed E-state index contributed by atoms with van der Waals surface area (Å²) in [7, 11) is -1.98. The predicted molar refractivity (Wildman–Crippen MR) is 111 cm³/mol. The Labute approximate surface area is 174 Å². The number of nitrogens with two attached hydrogens (primary N) is 1. The molecule has 3 N–H and O–H groups in total. The quantitative estimate of drug-likeness (QED) is 0.712. The van der Waals surface area contributed by atoms with E-state index in [9.17, 15) is 18.0 Å². The van der Waals surface area contributed by atoms with Crippen molar-refractivity contribution in [1.82, 2.24) is 14.8 Å². The molecule has 0 aliphatic carbocycles. The van der Waals surface area contributed by atoms with Crippen molar-refractivity contribution in [3.8, 4) is 0 Å². The number of hydrogen-bond donors (Lipinski definition) is 2. The fourth-order valence-corrected chi connectivity index (χ4v) is 4.11. The summed E-state index contributed by atoms with van der Waals surface area (Å²) in [6, 6.07) is 7.17. The first-order valence-electron chi connectivity index (χ1n) is 9.41. The minimum absolute atomic E-state index is 0.0336. The molecule has 158 valence electrons. The third-order valence-electron chi connectivity index (χ3n) is 5.23. The largest absolute Gasteiger partial charge is 0.319 e. The van der Waals surface area contributed by atoms with Gasteiger partial charge in [0, 0.05) is 32.4 Å². The average Bonchev–Trinajstić information content (AvgIpc) is 2.82. The van der Waals surface area contributed by atoms with E-state index in [4.69, 9.17) is 5.14 Å². The molecular weight excluding hydrogens is 408 g/mol. The van der Waals surface area contributed by atoms with Gasteiger partial charge in [0.2, 0.25) is 15.9 Å². The summed E-state index contributed by atoms with van der Waals surface area (Å²) < 4.78 is 23.6. The highest BCUT2D eigenvalue weighted by Gasteiger charge is 2.32. The number of anilines is 3. The van der Waals surface area contributed by atoms with Gasteiger partial charge in [-0.1, -0.05) is 0 Å². The van der Waals surface area contributed by atoms with Crippen molar-refractivity contribution >= 4 is 39.0 Å². The molecule has 2 aromatic rings. The predicted octanol–water partition coefficient (Wildman–Crippen LogP) is 0.207. The zero-order chi connectivity index (χ0) is 21.5. The van der Waals surface area contributed by atoms with Crippen molar-refractivity contribution in [1.29, 1.82) is 0 Å². The van der Waals surface area contributed by atoms with Gasteiger partial charge in [0.1, 0.15) is 0 Å². The summed E-state index contributed by atoms with van der Waals surface area (Å²) >= 11 is 0. The molecule has 0 unspecified atom stereocenters. The van der Waals surface area contributed by atoms with Crippen LogP contribution in [-0.2, 0) is 14.8 Å². The van der Waals surface area contributed by atoms with E-state index >= 15 is 0 Å². The maximum Gasteiger partial charge on any atom is 0.257 e. The average molecular weight is 430 g/mol. The third kappa shape index (κ3) is 3.92. The molecule has 1 aromatic carbocycles. The lowest BCUT2D eigenvalue weighted by Gasteiger charge is -2.33. The zero-order valence-corrected chi connectivity index (χ0v) is 17.2. The lowest BCUT2D eigenvalue weighted by atomic mass is 10.1. The van der Waals surface area contributed by atoms with Crippen molar-refractivity contribution < 1.29 is 18.0 Å². The fraction of sp³-hybridized carbons (Fsp3) is 0.316. The van der Waals surface area contributed by atoms with Crippen LogP contribution in [-0.4, -0.2) is 74.8 Å². The van der Waals surface area contributed by atoms with Crippen molar-refractivity contribution in [3.05, 3.63) is 42.1 Å². The molecule has 2 amide bonds. The molecule has 0 saturated carbocycles. The molecule has 0 atom stereocenters. The topological polar surface area (TPSA) is 129 Å². The Bertz CT molecular complexity index is 1110. The number of carbonyl (C=O) groups is 2. The molecule has 0 spiro atoms. The van der Waals surface area contributed by atoms with E-state index in [0.717, 1.165) is 26.2 Å². The smallest absolute Gasteiger partial charge is 0.257 e. The van der Waals surface area contributed by atoms with E-state index in [1.54, 1.807) is 12.1 Å². The number of rotatable bonds is 3. The zero-order valence-electron chi connectivity index (χ0n) is 16.4. The fourth-order valence-electron chi connectivity index (χ4n) is 3.57. The number of fused-ring (bicyclic) bond motifs is 2. The van der Waals surface area contributed by atoms with E-state index in [-0.39, 0.29) is 34.4 Å². The molecular formula is C19H22N6O4S. The second-order valence-corrected chi connectivity index (χ2v) is 8.92. The molecule has 10 nitrogen and oxygen atoms in total. The van der Waals surface area contributed by atoms with Gasteiger partial charge in [-0.15, -0.1) is 0 Å². The molecule has 30 heavy (non-hydrogen) atoms. The number of sulfonamides is 1. The number of primary sulfonamides is 1. The first-order chi connectivity index (χ1) is 14.2. The van der Waals surface area contributed by atoms with Gasteiger partial charge >= 0.3 is 0 Å².